The second-order valence-electron chi connectivity index (χ2n) is 2.15. The van der Waals surface area contributed by atoms with Crippen LogP contribution in [-0.4, -0.2) is 23.6 Å². The van der Waals surface area contributed by atoms with E-state index in [1.165, 1.54) is 0 Å². The number of ether oxygens (including phenoxy) is 2. The van der Waals surface area contributed by atoms with Crippen LogP contribution in [0.3, 0.4) is 0 Å². The molecule has 0 amide bonds. The van der Waals surface area contributed by atoms with Crippen molar-refractivity contribution in [2.24, 2.45) is 0 Å². The summed E-state index contributed by atoms with van der Waals surface area (Å²) in [6, 6.07) is 0. The van der Waals surface area contributed by atoms with E-state index in [-0.39, 0.29) is 5.97 Å². The summed E-state index contributed by atoms with van der Waals surface area (Å²) < 4.78 is 9.92. The second-order valence-corrected chi connectivity index (χ2v) is 3.36. The zero-order valence-electron chi connectivity index (χ0n) is 7.74. The van der Waals surface area contributed by atoms with Crippen LogP contribution < -0.4 is 0 Å². The first-order valence-electron chi connectivity index (χ1n) is 4.03. The second kappa shape index (κ2) is 7.31. The zero-order valence-corrected chi connectivity index (χ0v) is 8.64. The average molecular weight is 192 g/mol. The molecular weight excluding hydrogens is 176 g/mol. The van der Waals surface area contributed by atoms with Crippen LogP contribution in [0.2, 0.25) is 0 Å². The van der Waals surface area contributed by atoms with Crippen LogP contribution in [0.15, 0.2) is 0 Å². The minimum Gasteiger partial charge on any atom is -0.436 e. The van der Waals surface area contributed by atoms with Gasteiger partial charge in [-0.25, -0.2) is 0 Å². The standard InChI is InChI=1S/C8H16O3S/c1-4-8(9)11-7(3)10-6-12-5-2/h6-7,12H,4-5H2,1-3H3. The van der Waals surface area contributed by atoms with Gasteiger partial charge in [-0.15, -0.1) is 0 Å². The Hall–Kier alpha value is -0.350. The molecule has 0 aromatic rings. The molecule has 72 valence electrons. The van der Waals surface area contributed by atoms with Gasteiger partial charge >= 0.3 is 5.97 Å². The number of rotatable bonds is 5. The predicted octanol–water partition coefficient (Wildman–Crippen LogP) is 1.55. The molecule has 12 heavy (non-hydrogen) atoms. The molecule has 1 atom stereocenters. The Kier molecular flexibility index (Phi) is 7.09. The lowest BCUT2D eigenvalue weighted by atomic mass is 10.5. The van der Waals surface area contributed by atoms with Crippen molar-refractivity contribution in [2.75, 3.05) is 5.75 Å². The molecule has 0 saturated heterocycles. The lowest BCUT2D eigenvalue weighted by molar-refractivity contribution is -0.161. The molecule has 0 fully saturated rings. The van der Waals surface area contributed by atoms with E-state index in [4.69, 9.17) is 9.47 Å². The molecule has 0 radical (unpaired) electrons. The number of hydrogen-bond acceptors (Lipinski definition) is 3. The van der Waals surface area contributed by atoms with Crippen LogP contribution in [0.1, 0.15) is 27.2 Å². The number of esters is 1. The van der Waals surface area contributed by atoms with Gasteiger partial charge in [0.05, 0.1) is 5.55 Å². The molecule has 0 aliphatic rings. The average Bonchev–Trinajstić information content (AvgIpc) is 2.05. The number of hydrogen-bond donors (Lipinski definition) is 1. The molecule has 0 aromatic heterocycles. The molecule has 0 aromatic carbocycles. The van der Waals surface area contributed by atoms with E-state index in [0.29, 0.717) is 6.42 Å². The first-order chi connectivity index (χ1) is 5.70. The van der Waals surface area contributed by atoms with E-state index in [2.05, 4.69) is 0 Å². The fourth-order valence-corrected chi connectivity index (χ4v) is 0.906. The van der Waals surface area contributed by atoms with E-state index in [1.54, 1.807) is 19.4 Å². The summed E-state index contributed by atoms with van der Waals surface area (Å²) in [6.45, 7) is 5.50. The van der Waals surface area contributed by atoms with Crippen LogP contribution in [0.25, 0.3) is 0 Å². The maximum absolute atomic E-state index is 10.7. The highest BCUT2D eigenvalue weighted by atomic mass is 32.1. The van der Waals surface area contributed by atoms with Crippen LogP contribution in [0, 0.1) is 0 Å². The molecule has 0 N–H and O–H groups in total. The Labute approximate surface area is 77.0 Å². The van der Waals surface area contributed by atoms with Gasteiger partial charge in [-0.05, 0) is 12.7 Å². The summed E-state index contributed by atoms with van der Waals surface area (Å²) in [5, 5.41) is 0. The number of carbonyl (C=O) groups is 1. The van der Waals surface area contributed by atoms with Crippen molar-refractivity contribution in [3.05, 3.63) is 0 Å². The third kappa shape index (κ3) is 6.37. The molecule has 1 unspecified atom stereocenters. The first-order valence-corrected chi connectivity index (χ1v) is 5.18. The summed E-state index contributed by atoms with van der Waals surface area (Å²) in [4.78, 5) is 10.7. The van der Waals surface area contributed by atoms with E-state index in [1.807, 2.05) is 6.92 Å². The Bertz CT molecular complexity index is 156. The Morgan fingerprint density at radius 3 is 2.75 bits per heavy atom. The molecule has 0 heterocycles. The van der Waals surface area contributed by atoms with Crippen LogP contribution >= 0.6 is 11.4 Å². The molecule has 0 aliphatic carbocycles. The van der Waals surface area contributed by atoms with Crippen LogP contribution in [0.5, 0.6) is 0 Å². The molecule has 0 bridgehead atoms. The zero-order chi connectivity index (χ0) is 9.40. The quantitative estimate of drug-likeness (QED) is 0.311. The maximum atomic E-state index is 10.7. The molecule has 0 saturated carbocycles. The summed E-state index contributed by atoms with van der Waals surface area (Å²) >= 11 is 1.10. The lowest BCUT2D eigenvalue weighted by Gasteiger charge is -2.09. The third-order valence-electron chi connectivity index (χ3n) is 1.10. The van der Waals surface area contributed by atoms with Gasteiger partial charge in [0.1, 0.15) is 0 Å². The molecule has 3 nitrogen and oxygen atoms in total. The summed E-state index contributed by atoms with van der Waals surface area (Å²) in [5.41, 5.74) is 1.65. The normalized spacial score (nSPS) is 13.9. The SMILES string of the molecule is CC[SH]=COC(C)OC(=O)CC. The fraction of sp³-hybridized carbons (Fsp3) is 0.750. The van der Waals surface area contributed by atoms with Gasteiger partial charge in [0.15, 0.2) is 0 Å². The topological polar surface area (TPSA) is 35.5 Å². The largest absolute Gasteiger partial charge is 0.436 e. The highest BCUT2D eigenvalue weighted by Gasteiger charge is 2.04. The van der Waals surface area contributed by atoms with Crippen molar-refractivity contribution in [1.29, 1.82) is 0 Å². The number of thiol groups is 1. The van der Waals surface area contributed by atoms with Gasteiger partial charge in [0.2, 0.25) is 6.29 Å². The molecular formula is C8H16O3S. The van der Waals surface area contributed by atoms with Gasteiger partial charge < -0.3 is 9.47 Å². The van der Waals surface area contributed by atoms with Crippen molar-refractivity contribution in [3.8, 4) is 0 Å². The van der Waals surface area contributed by atoms with Crippen molar-refractivity contribution < 1.29 is 14.3 Å². The summed E-state index contributed by atoms with van der Waals surface area (Å²) in [5.74, 6) is 0.776. The highest BCUT2D eigenvalue weighted by Crippen LogP contribution is 1.95. The molecule has 0 aliphatic heterocycles. The van der Waals surface area contributed by atoms with Crippen molar-refractivity contribution >= 4 is 22.9 Å². The fourth-order valence-electron chi connectivity index (χ4n) is 0.499. The van der Waals surface area contributed by atoms with Gasteiger partial charge in [-0.3, -0.25) is 4.79 Å². The van der Waals surface area contributed by atoms with Gasteiger partial charge in [-0.1, -0.05) is 13.8 Å². The molecule has 4 heteroatoms. The lowest BCUT2D eigenvalue weighted by Crippen LogP contribution is -2.16. The highest BCUT2D eigenvalue weighted by molar-refractivity contribution is 7.97. The predicted molar refractivity (Wildman–Crippen MR) is 52.5 cm³/mol. The Morgan fingerprint density at radius 1 is 1.58 bits per heavy atom. The van der Waals surface area contributed by atoms with E-state index in [9.17, 15) is 4.79 Å². The van der Waals surface area contributed by atoms with Crippen molar-refractivity contribution in [2.45, 2.75) is 33.5 Å². The Balaban J connectivity index is 3.52. The minimum atomic E-state index is -0.462. The maximum Gasteiger partial charge on any atom is 0.307 e. The smallest absolute Gasteiger partial charge is 0.307 e. The minimum absolute atomic E-state index is 0.232. The number of carbonyl (C=O) groups excluding carboxylic acids is 1. The van der Waals surface area contributed by atoms with Crippen LogP contribution in [-0.2, 0) is 14.3 Å². The van der Waals surface area contributed by atoms with E-state index >= 15 is 0 Å². The van der Waals surface area contributed by atoms with Crippen molar-refractivity contribution in [3.63, 3.8) is 0 Å². The Morgan fingerprint density at radius 2 is 2.25 bits per heavy atom. The van der Waals surface area contributed by atoms with Crippen molar-refractivity contribution in [1.82, 2.24) is 0 Å². The van der Waals surface area contributed by atoms with E-state index in [0.717, 1.165) is 17.1 Å². The van der Waals surface area contributed by atoms with Gasteiger partial charge in [0.25, 0.3) is 0 Å². The monoisotopic (exact) mass is 192 g/mol. The first kappa shape index (κ1) is 11.6. The van der Waals surface area contributed by atoms with Crippen LogP contribution in [0.4, 0.5) is 0 Å². The van der Waals surface area contributed by atoms with Gasteiger partial charge in [0, 0.05) is 6.42 Å². The summed E-state index contributed by atoms with van der Waals surface area (Å²) in [6.07, 6.45) is -0.0735. The molecule has 0 rings (SSSR count). The summed E-state index contributed by atoms with van der Waals surface area (Å²) in [7, 11) is 0. The third-order valence-corrected chi connectivity index (χ3v) is 1.73. The van der Waals surface area contributed by atoms with E-state index < -0.39 is 6.29 Å². The van der Waals surface area contributed by atoms with Gasteiger partial charge in [-0.2, -0.15) is 11.4 Å². The molecule has 0 spiro atoms.